The van der Waals surface area contributed by atoms with Crippen molar-refractivity contribution in [1.82, 2.24) is 14.9 Å². The van der Waals surface area contributed by atoms with E-state index in [0.29, 0.717) is 5.82 Å². The van der Waals surface area contributed by atoms with Crippen molar-refractivity contribution < 1.29 is 0 Å². The van der Waals surface area contributed by atoms with Crippen molar-refractivity contribution >= 4 is 27.7 Å². The Bertz CT molecular complexity index is 364. The minimum atomic E-state index is 0.515. The van der Waals surface area contributed by atoms with Crippen molar-refractivity contribution in [3.8, 4) is 0 Å². The van der Waals surface area contributed by atoms with Crippen molar-refractivity contribution in [2.45, 2.75) is 6.92 Å². The van der Waals surface area contributed by atoms with Crippen LogP contribution in [0.4, 0.5) is 11.8 Å². The number of rotatable bonds is 1. The first kappa shape index (κ1) is 11.6. The first-order valence-corrected chi connectivity index (χ1v) is 6.10. The molecule has 0 saturated carbocycles. The Morgan fingerprint density at radius 3 is 2.38 bits per heavy atom. The molecule has 2 heterocycles. The van der Waals surface area contributed by atoms with Gasteiger partial charge in [-0.25, -0.2) is 4.98 Å². The van der Waals surface area contributed by atoms with Crippen LogP contribution in [-0.4, -0.2) is 48.1 Å². The van der Waals surface area contributed by atoms with E-state index in [9.17, 15) is 0 Å². The van der Waals surface area contributed by atoms with E-state index in [-0.39, 0.29) is 0 Å². The van der Waals surface area contributed by atoms with Crippen LogP contribution in [0.3, 0.4) is 0 Å². The highest BCUT2D eigenvalue weighted by Crippen LogP contribution is 2.23. The molecule has 0 bridgehead atoms. The minimum Gasteiger partial charge on any atom is -0.383 e. The number of halogens is 1. The van der Waals surface area contributed by atoms with Crippen LogP contribution in [0.25, 0.3) is 0 Å². The standard InChI is InChI=1S/C10H16BrN5/c1-7-8(11)9(12)14-10(13-7)16-5-3-15(2)4-6-16/h3-6H2,1-2H3,(H2,12,13,14). The molecule has 2 N–H and O–H groups in total. The number of anilines is 2. The third-order valence-electron chi connectivity index (χ3n) is 2.82. The lowest BCUT2D eigenvalue weighted by Gasteiger charge is -2.32. The van der Waals surface area contributed by atoms with E-state index < -0.39 is 0 Å². The molecule has 1 aliphatic heterocycles. The van der Waals surface area contributed by atoms with Crippen LogP contribution in [0.15, 0.2) is 4.47 Å². The lowest BCUT2D eigenvalue weighted by atomic mass is 10.3. The zero-order chi connectivity index (χ0) is 11.7. The number of hydrogen-bond donors (Lipinski definition) is 1. The molecule has 0 aromatic carbocycles. The Balaban J connectivity index is 2.21. The molecule has 0 spiro atoms. The second-order valence-electron chi connectivity index (χ2n) is 4.10. The van der Waals surface area contributed by atoms with E-state index in [1.165, 1.54) is 0 Å². The number of nitrogens with zero attached hydrogens (tertiary/aromatic N) is 4. The minimum absolute atomic E-state index is 0.515. The van der Waals surface area contributed by atoms with Crippen molar-refractivity contribution in [2.24, 2.45) is 0 Å². The van der Waals surface area contributed by atoms with Crippen LogP contribution < -0.4 is 10.6 Å². The lowest BCUT2D eigenvalue weighted by Crippen LogP contribution is -2.45. The van der Waals surface area contributed by atoms with Crippen LogP contribution in [0.2, 0.25) is 0 Å². The van der Waals surface area contributed by atoms with E-state index >= 15 is 0 Å². The van der Waals surface area contributed by atoms with Gasteiger partial charge in [0.1, 0.15) is 5.82 Å². The molecular formula is C10H16BrN5. The molecular weight excluding hydrogens is 270 g/mol. The summed E-state index contributed by atoms with van der Waals surface area (Å²) in [6.07, 6.45) is 0. The number of hydrogen-bond acceptors (Lipinski definition) is 5. The topological polar surface area (TPSA) is 58.3 Å². The summed E-state index contributed by atoms with van der Waals surface area (Å²) in [4.78, 5) is 13.2. The summed E-state index contributed by atoms with van der Waals surface area (Å²) in [6, 6.07) is 0. The largest absolute Gasteiger partial charge is 0.383 e. The van der Waals surface area contributed by atoms with E-state index in [0.717, 1.165) is 42.3 Å². The van der Waals surface area contributed by atoms with Crippen LogP contribution in [0, 0.1) is 6.92 Å². The Labute approximate surface area is 104 Å². The van der Waals surface area contributed by atoms with Crippen LogP contribution in [-0.2, 0) is 0 Å². The fraction of sp³-hybridized carbons (Fsp3) is 0.600. The molecule has 0 amide bonds. The number of aromatic nitrogens is 2. The number of piperazine rings is 1. The van der Waals surface area contributed by atoms with Gasteiger partial charge in [0.05, 0.1) is 10.2 Å². The Morgan fingerprint density at radius 1 is 1.19 bits per heavy atom. The zero-order valence-electron chi connectivity index (χ0n) is 9.57. The Morgan fingerprint density at radius 2 is 1.81 bits per heavy atom. The molecule has 6 heteroatoms. The molecule has 2 rings (SSSR count). The molecule has 1 aromatic rings. The summed E-state index contributed by atoms with van der Waals surface area (Å²) >= 11 is 3.37. The fourth-order valence-corrected chi connectivity index (χ4v) is 1.89. The highest BCUT2D eigenvalue weighted by molar-refractivity contribution is 9.10. The summed E-state index contributed by atoms with van der Waals surface area (Å²) in [6.45, 7) is 5.92. The average molecular weight is 286 g/mol. The van der Waals surface area contributed by atoms with Gasteiger partial charge in [0.25, 0.3) is 0 Å². The monoisotopic (exact) mass is 285 g/mol. The zero-order valence-corrected chi connectivity index (χ0v) is 11.2. The Hall–Kier alpha value is -0.880. The summed E-state index contributed by atoms with van der Waals surface area (Å²) in [5.74, 6) is 1.26. The molecule has 0 unspecified atom stereocenters. The van der Waals surface area contributed by atoms with Gasteiger partial charge in [0.2, 0.25) is 5.95 Å². The third-order valence-corrected chi connectivity index (χ3v) is 3.80. The maximum atomic E-state index is 5.82. The first-order valence-electron chi connectivity index (χ1n) is 5.31. The van der Waals surface area contributed by atoms with Crippen molar-refractivity contribution in [1.29, 1.82) is 0 Å². The second-order valence-corrected chi connectivity index (χ2v) is 4.89. The van der Waals surface area contributed by atoms with Gasteiger partial charge in [-0.3, -0.25) is 0 Å². The quantitative estimate of drug-likeness (QED) is 0.830. The smallest absolute Gasteiger partial charge is 0.227 e. The Kier molecular flexibility index (Phi) is 3.30. The lowest BCUT2D eigenvalue weighted by molar-refractivity contribution is 0.311. The van der Waals surface area contributed by atoms with E-state index in [4.69, 9.17) is 5.73 Å². The summed E-state index contributed by atoms with van der Waals surface area (Å²) in [7, 11) is 2.12. The number of nitrogen functional groups attached to an aromatic ring is 1. The number of aryl methyl sites for hydroxylation is 1. The normalized spacial score (nSPS) is 17.8. The fourth-order valence-electron chi connectivity index (χ4n) is 1.71. The van der Waals surface area contributed by atoms with Gasteiger partial charge in [-0.05, 0) is 29.9 Å². The molecule has 88 valence electrons. The third kappa shape index (κ3) is 2.27. The molecule has 1 fully saturated rings. The summed E-state index contributed by atoms with van der Waals surface area (Å²) in [5.41, 5.74) is 6.71. The molecule has 16 heavy (non-hydrogen) atoms. The van der Waals surface area contributed by atoms with Gasteiger partial charge in [-0.2, -0.15) is 4.98 Å². The molecule has 1 aliphatic rings. The molecule has 0 aliphatic carbocycles. The van der Waals surface area contributed by atoms with Crippen LogP contribution >= 0.6 is 15.9 Å². The second kappa shape index (κ2) is 4.55. The first-order chi connectivity index (χ1) is 7.58. The van der Waals surface area contributed by atoms with Crippen molar-refractivity contribution in [3.05, 3.63) is 10.2 Å². The number of likely N-dealkylation sites (N-methyl/N-ethyl adjacent to an activating group) is 1. The summed E-state index contributed by atoms with van der Waals surface area (Å²) < 4.78 is 0.797. The maximum Gasteiger partial charge on any atom is 0.227 e. The molecule has 0 atom stereocenters. The molecule has 1 saturated heterocycles. The van der Waals surface area contributed by atoms with Gasteiger partial charge >= 0.3 is 0 Å². The SMILES string of the molecule is Cc1nc(N2CCN(C)CC2)nc(N)c1Br. The van der Waals surface area contributed by atoms with Gasteiger partial charge in [-0.15, -0.1) is 0 Å². The highest BCUT2D eigenvalue weighted by Gasteiger charge is 2.18. The predicted octanol–water partition coefficient (Wildman–Crippen LogP) is 0.882. The van der Waals surface area contributed by atoms with E-state index in [1.807, 2.05) is 6.92 Å². The van der Waals surface area contributed by atoms with E-state index in [2.05, 4.69) is 42.7 Å². The summed E-state index contributed by atoms with van der Waals surface area (Å²) in [5, 5.41) is 0. The van der Waals surface area contributed by atoms with Gasteiger partial charge in [0.15, 0.2) is 0 Å². The van der Waals surface area contributed by atoms with Crippen molar-refractivity contribution in [2.75, 3.05) is 43.9 Å². The van der Waals surface area contributed by atoms with Crippen LogP contribution in [0.5, 0.6) is 0 Å². The predicted molar refractivity (Wildman–Crippen MR) is 68.6 cm³/mol. The van der Waals surface area contributed by atoms with E-state index in [1.54, 1.807) is 0 Å². The highest BCUT2D eigenvalue weighted by atomic mass is 79.9. The molecule has 5 nitrogen and oxygen atoms in total. The van der Waals surface area contributed by atoms with Crippen molar-refractivity contribution in [3.63, 3.8) is 0 Å². The van der Waals surface area contributed by atoms with Gasteiger partial charge in [-0.1, -0.05) is 0 Å². The van der Waals surface area contributed by atoms with Gasteiger partial charge < -0.3 is 15.5 Å². The maximum absolute atomic E-state index is 5.82. The number of nitrogens with two attached hydrogens (primary N) is 1. The van der Waals surface area contributed by atoms with Gasteiger partial charge in [0, 0.05) is 26.2 Å². The average Bonchev–Trinajstić information content (AvgIpc) is 2.26. The van der Waals surface area contributed by atoms with Crippen LogP contribution in [0.1, 0.15) is 5.69 Å². The molecule has 0 radical (unpaired) electrons. The molecule has 1 aromatic heterocycles.